The first-order valence-electron chi connectivity index (χ1n) is 15.3. The normalized spacial score (nSPS) is 10.7. The van der Waals surface area contributed by atoms with Gasteiger partial charge in [-0.25, -0.2) is 9.59 Å². The highest BCUT2D eigenvalue weighted by atomic mass is 32.2. The zero-order valence-electron chi connectivity index (χ0n) is 26.6. The number of phenolic OH excluding ortho intramolecular Hbond substituents is 2. The molecule has 244 valence electrons. The van der Waals surface area contributed by atoms with Crippen LogP contribution in [0, 0.1) is 13.8 Å². The molecule has 0 fully saturated rings. The Morgan fingerprint density at radius 1 is 0.510 bits per heavy atom. The zero-order chi connectivity index (χ0) is 34.3. The molecule has 2 amide bonds. The number of anilines is 2. The van der Waals surface area contributed by atoms with Crippen molar-refractivity contribution in [1.82, 2.24) is 0 Å². The van der Waals surface area contributed by atoms with Crippen LogP contribution in [0.4, 0.5) is 21.0 Å². The summed E-state index contributed by atoms with van der Waals surface area (Å²) in [5, 5.41) is 25.6. The largest absolute Gasteiger partial charge is 0.508 e. The highest BCUT2D eigenvalue weighted by molar-refractivity contribution is 7.99. The van der Waals surface area contributed by atoms with Crippen LogP contribution in [0.2, 0.25) is 0 Å². The van der Waals surface area contributed by atoms with Crippen LogP contribution in [-0.2, 0) is 0 Å². The summed E-state index contributed by atoms with van der Waals surface area (Å²) in [6.07, 6.45) is -1.25. The number of amides is 2. The van der Waals surface area contributed by atoms with E-state index in [4.69, 9.17) is 9.47 Å². The SMILES string of the molecule is Cc1ccc(OC(=O)Nc2ccc(Sc3ccc(NC(=O)Oc4ccc(C)cc4)cc3-c3ccc(O)cc3)c(-c3ccc(O)cc3)c2)cc1. The van der Waals surface area contributed by atoms with Gasteiger partial charge in [0.1, 0.15) is 23.0 Å². The average molecular weight is 669 g/mol. The summed E-state index contributed by atoms with van der Waals surface area (Å²) in [6.45, 7) is 3.91. The van der Waals surface area contributed by atoms with Crippen LogP contribution in [0.5, 0.6) is 23.0 Å². The van der Waals surface area contributed by atoms with Crippen molar-refractivity contribution in [2.24, 2.45) is 0 Å². The van der Waals surface area contributed by atoms with Gasteiger partial charge in [-0.2, -0.15) is 0 Å². The Morgan fingerprint density at radius 3 is 1.24 bits per heavy atom. The van der Waals surface area contributed by atoms with Gasteiger partial charge in [-0.3, -0.25) is 10.6 Å². The molecule has 0 saturated heterocycles. The Hall–Kier alpha value is -6.19. The van der Waals surface area contributed by atoms with Gasteiger partial charge < -0.3 is 19.7 Å². The highest BCUT2D eigenvalue weighted by Gasteiger charge is 2.16. The molecule has 0 spiro atoms. The number of benzene rings is 6. The highest BCUT2D eigenvalue weighted by Crippen LogP contribution is 2.43. The van der Waals surface area contributed by atoms with Gasteiger partial charge in [0.15, 0.2) is 0 Å². The molecule has 0 atom stereocenters. The van der Waals surface area contributed by atoms with Gasteiger partial charge in [0.2, 0.25) is 0 Å². The number of phenols is 2. The predicted molar refractivity (Wildman–Crippen MR) is 193 cm³/mol. The number of ether oxygens (including phenoxy) is 2. The van der Waals surface area contributed by atoms with Crippen LogP contribution in [0.1, 0.15) is 11.1 Å². The Labute approximate surface area is 288 Å². The molecule has 6 aromatic carbocycles. The topological polar surface area (TPSA) is 117 Å². The van der Waals surface area contributed by atoms with Gasteiger partial charge in [0, 0.05) is 21.2 Å². The Kier molecular flexibility index (Phi) is 9.83. The molecular formula is C40H32N2O6S. The number of hydrogen-bond acceptors (Lipinski definition) is 7. The summed E-state index contributed by atoms with van der Waals surface area (Å²) in [5.41, 5.74) is 6.40. The molecule has 6 aromatic rings. The number of nitrogens with one attached hydrogen (secondary N) is 2. The minimum Gasteiger partial charge on any atom is -0.508 e. The maximum Gasteiger partial charge on any atom is 0.417 e. The lowest BCUT2D eigenvalue weighted by molar-refractivity contribution is 0.214. The molecular weight excluding hydrogens is 637 g/mol. The number of rotatable bonds is 8. The van der Waals surface area contributed by atoms with Gasteiger partial charge in [0.25, 0.3) is 0 Å². The standard InChI is InChI=1S/C40H32N2O6S/c1-25-3-17-33(18-4-25)47-39(45)41-29-11-21-37(35(23-29)27-7-13-31(43)14-8-27)49-38-22-12-30(24-36(38)28-9-15-32(44)16-10-28)42-40(46)48-34-19-5-26(2)6-20-34/h3-24,43-44H,1-2H3,(H,41,45)(H,42,46). The quantitative estimate of drug-likeness (QED) is 0.127. The van der Waals surface area contributed by atoms with Crippen molar-refractivity contribution in [2.75, 3.05) is 10.6 Å². The summed E-state index contributed by atoms with van der Waals surface area (Å²) in [7, 11) is 0. The molecule has 0 aromatic heterocycles. The minimum atomic E-state index is -0.625. The van der Waals surface area contributed by atoms with E-state index in [1.165, 1.54) is 11.8 Å². The molecule has 0 radical (unpaired) electrons. The maximum atomic E-state index is 12.8. The summed E-state index contributed by atoms with van der Waals surface area (Å²) >= 11 is 1.49. The van der Waals surface area contributed by atoms with Crippen molar-refractivity contribution < 1.29 is 29.3 Å². The fourth-order valence-electron chi connectivity index (χ4n) is 4.96. The molecule has 49 heavy (non-hydrogen) atoms. The van der Waals surface area contributed by atoms with E-state index < -0.39 is 12.2 Å². The number of carbonyl (C=O) groups is 2. The first-order valence-corrected chi connectivity index (χ1v) is 16.2. The van der Waals surface area contributed by atoms with Gasteiger partial charge >= 0.3 is 12.2 Å². The third-order valence-corrected chi connectivity index (χ3v) is 8.64. The minimum absolute atomic E-state index is 0.132. The van der Waals surface area contributed by atoms with Crippen LogP contribution >= 0.6 is 11.8 Å². The van der Waals surface area contributed by atoms with Crippen molar-refractivity contribution in [3.8, 4) is 45.3 Å². The molecule has 0 heterocycles. The molecule has 0 bridgehead atoms. The van der Waals surface area contributed by atoms with E-state index in [-0.39, 0.29) is 11.5 Å². The van der Waals surface area contributed by atoms with Crippen LogP contribution in [0.3, 0.4) is 0 Å². The molecule has 6 rings (SSSR count). The van der Waals surface area contributed by atoms with E-state index in [1.807, 2.05) is 62.4 Å². The van der Waals surface area contributed by atoms with Crippen molar-refractivity contribution >= 4 is 35.3 Å². The van der Waals surface area contributed by atoms with Crippen molar-refractivity contribution in [3.05, 3.63) is 145 Å². The molecule has 9 heteroatoms. The predicted octanol–water partition coefficient (Wildman–Crippen LogP) is 10.4. The molecule has 0 aliphatic heterocycles. The molecule has 0 unspecified atom stereocenters. The Morgan fingerprint density at radius 2 is 0.878 bits per heavy atom. The Bertz CT molecular complexity index is 1940. The van der Waals surface area contributed by atoms with E-state index in [1.54, 1.807) is 84.9 Å². The molecule has 0 saturated carbocycles. The molecule has 4 N–H and O–H groups in total. The third kappa shape index (κ3) is 8.59. The summed E-state index contributed by atoms with van der Waals surface area (Å²) < 4.78 is 10.9. The van der Waals surface area contributed by atoms with Gasteiger partial charge in [0.05, 0.1) is 0 Å². The van der Waals surface area contributed by atoms with E-state index in [0.717, 1.165) is 43.2 Å². The van der Waals surface area contributed by atoms with Crippen LogP contribution in [-0.4, -0.2) is 22.4 Å². The fourth-order valence-corrected chi connectivity index (χ4v) is 6.04. The van der Waals surface area contributed by atoms with E-state index in [0.29, 0.717) is 22.9 Å². The summed E-state index contributed by atoms with van der Waals surface area (Å²) in [4.78, 5) is 27.2. The van der Waals surface area contributed by atoms with Crippen LogP contribution in [0.15, 0.2) is 143 Å². The van der Waals surface area contributed by atoms with Crippen molar-refractivity contribution in [1.29, 1.82) is 0 Å². The number of aryl methyl sites for hydroxylation is 2. The van der Waals surface area contributed by atoms with Gasteiger partial charge in [-0.1, -0.05) is 71.4 Å². The lowest BCUT2D eigenvalue weighted by Crippen LogP contribution is -2.16. The van der Waals surface area contributed by atoms with E-state index >= 15 is 0 Å². The lowest BCUT2D eigenvalue weighted by atomic mass is 10.0. The van der Waals surface area contributed by atoms with Crippen LogP contribution in [0.25, 0.3) is 22.3 Å². The van der Waals surface area contributed by atoms with Crippen LogP contribution < -0.4 is 20.1 Å². The number of hydrogen-bond donors (Lipinski definition) is 4. The number of carbonyl (C=O) groups excluding carboxylic acids is 2. The first kappa shape index (κ1) is 32.7. The summed E-state index contributed by atoms with van der Waals surface area (Å²) in [5.74, 6) is 1.12. The second-order valence-corrected chi connectivity index (χ2v) is 12.4. The average Bonchev–Trinajstić information content (AvgIpc) is 3.09. The second kappa shape index (κ2) is 14.7. The van der Waals surface area contributed by atoms with E-state index in [2.05, 4.69) is 10.6 Å². The first-order chi connectivity index (χ1) is 23.7. The smallest absolute Gasteiger partial charge is 0.417 e. The monoisotopic (exact) mass is 668 g/mol. The zero-order valence-corrected chi connectivity index (χ0v) is 27.5. The van der Waals surface area contributed by atoms with Crippen molar-refractivity contribution in [2.45, 2.75) is 23.6 Å². The van der Waals surface area contributed by atoms with Gasteiger partial charge in [-0.15, -0.1) is 0 Å². The number of aromatic hydroxyl groups is 2. The summed E-state index contributed by atoms with van der Waals surface area (Å²) in [6, 6.07) is 39.1. The molecule has 8 nitrogen and oxygen atoms in total. The Balaban J connectivity index is 1.30. The van der Waals surface area contributed by atoms with Gasteiger partial charge in [-0.05, 0) is 121 Å². The fraction of sp³-hybridized carbons (Fsp3) is 0.0500. The van der Waals surface area contributed by atoms with E-state index in [9.17, 15) is 19.8 Å². The molecule has 0 aliphatic rings. The molecule has 0 aliphatic carbocycles. The second-order valence-electron chi connectivity index (χ2n) is 11.3. The third-order valence-electron chi connectivity index (χ3n) is 7.49. The lowest BCUT2D eigenvalue weighted by Gasteiger charge is -2.16. The van der Waals surface area contributed by atoms with Crippen molar-refractivity contribution in [3.63, 3.8) is 0 Å². The maximum absolute atomic E-state index is 12.8.